The highest BCUT2D eigenvalue weighted by Gasteiger charge is 2.32. The number of amides is 2. The van der Waals surface area contributed by atoms with Crippen LogP contribution in [0.15, 0.2) is 36.5 Å². The molecule has 1 fully saturated rings. The third kappa shape index (κ3) is 5.71. The Morgan fingerprint density at radius 2 is 1.92 bits per heavy atom. The Balaban J connectivity index is 0.000000840. The number of fused-ring (bicyclic) bond motifs is 1. The van der Waals surface area contributed by atoms with Crippen molar-refractivity contribution >= 4 is 29.1 Å². The molecule has 4 rings (SSSR count). The summed E-state index contributed by atoms with van der Waals surface area (Å²) in [7, 11) is 3.04. The molecule has 0 bridgehead atoms. The molecule has 0 aliphatic carbocycles. The normalized spacial score (nSPS) is 16.6. The predicted molar refractivity (Wildman–Crippen MR) is 135 cm³/mol. The number of Topliss-reactive ketones (excluding diaryl/α,β-unsaturated/α-hetero) is 1. The topological polar surface area (TPSA) is 108 Å². The minimum absolute atomic E-state index is 0.0435. The SMILES string of the molecule is CNC=O.COc1nc2[nH]cc(C(C)=O)c2cc1C(=O)N1CCN([C@H](C)c2ccc(F)cc2)CC1C. The molecular weight excluding hydrogens is 465 g/mol. The number of ether oxygens (including phenoxy) is 1. The van der Waals surface area contributed by atoms with Gasteiger partial charge in [0.2, 0.25) is 12.3 Å². The van der Waals surface area contributed by atoms with Crippen LogP contribution < -0.4 is 10.1 Å². The van der Waals surface area contributed by atoms with Crippen LogP contribution in [0, 0.1) is 5.82 Å². The van der Waals surface area contributed by atoms with Crippen LogP contribution in [0.1, 0.15) is 53.1 Å². The molecular formula is C26H32FN5O4. The molecule has 2 aromatic heterocycles. The molecule has 9 nitrogen and oxygen atoms in total. The van der Waals surface area contributed by atoms with E-state index in [4.69, 9.17) is 9.53 Å². The van der Waals surface area contributed by atoms with E-state index in [9.17, 15) is 14.0 Å². The Morgan fingerprint density at radius 3 is 2.47 bits per heavy atom. The summed E-state index contributed by atoms with van der Waals surface area (Å²) in [5, 5.41) is 2.86. The lowest BCUT2D eigenvalue weighted by molar-refractivity contribution is -0.109. The number of piperazine rings is 1. The maximum absolute atomic E-state index is 13.5. The maximum atomic E-state index is 13.5. The first kappa shape index (κ1) is 26.8. The molecule has 2 atom stereocenters. The number of carbonyl (C=O) groups is 3. The van der Waals surface area contributed by atoms with E-state index in [1.54, 1.807) is 31.4 Å². The van der Waals surface area contributed by atoms with Crippen LogP contribution in [0.25, 0.3) is 11.0 Å². The number of methoxy groups -OCH3 is 1. The lowest BCUT2D eigenvalue weighted by Gasteiger charge is -2.42. The van der Waals surface area contributed by atoms with Gasteiger partial charge in [0, 0.05) is 55.9 Å². The molecule has 10 heteroatoms. The third-order valence-electron chi connectivity index (χ3n) is 6.37. The van der Waals surface area contributed by atoms with Crippen molar-refractivity contribution in [1.82, 2.24) is 25.1 Å². The van der Waals surface area contributed by atoms with Crippen molar-refractivity contribution in [3.05, 3.63) is 59.0 Å². The van der Waals surface area contributed by atoms with Gasteiger partial charge in [-0.3, -0.25) is 19.3 Å². The van der Waals surface area contributed by atoms with E-state index in [1.807, 2.05) is 11.8 Å². The predicted octanol–water partition coefficient (Wildman–Crippen LogP) is 3.18. The van der Waals surface area contributed by atoms with Crippen LogP contribution in [0.4, 0.5) is 4.39 Å². The van der Waals surface area contributed by atoms with Crippen molar-refractivity contribution in [2.24, 2.45) is 0 Å². The van der Waals surface area contributed by atoms with E-state index < -0.39 is 0 Å². The van der Waals surface area contributed by atoms with Crippen molar-refractivity contribution in [3.8, 4) is 5.88 Å². The number of aromatic amines is 1. The average Bonchev–Trinajstić information content (AvgIpc) is 3.31. The van der Waals surface area contributed by atoms with Gasteiger partial charge in [0.05, 0.1) is 7.11 Å². The van der Waals surface area contributed by atoms with Gasteiger partial charge in [-0.15, -0.1) is 0 Å². The minimum Gasteiger partial charge on any atom is -0.480 e. The Hall–Kier alpha value is -3.79. The van der Waals surface area contributed by atoms with E-state index in [2.05, 4.69) is 27.1 Å². The van der Waals surface area contributed by atoms with Crippen molar-refractivity contribution in [1.29, 1.82) is 0 Å². The molecule has 1 saturated heterocycles. The number of hydrogen-bond acceptors (Lipinski definition) is 6. The van der Waals surface area contributed by atoms with Crippen LogP contribution in [-0.2, 0) is 4.79 Å². The summed E-state index contributed by atoms with van der Waals surface area (Å²) in [6.45, 7) is 7.50. The van der Waals surface area contributed by atoms with Crippen molar-refractivity contribution in [2.45, 2.75) is 32.9 Å². The first-order chi connectivity index (χ1) is 17.2. The molecule has 192 valence electrons. The maximum Gasteiger partial charge on any atom is 0.259 e. The van der Waals surface area contributed by atoms with Crippen molar-refractivity contribution < 1.29 is 23.5 Å². The molecule has 1 aromatic carbocycles. The monoisotopic (exact) mass is 497 g/mol. The van der Waals surface area contributed by atoms with Gasteiger partial charge in [-0.25, -0.2) is 4.39 Å². The number of hydrogen-bond donors (Lipinski definition) is 2. The van der Waals surface area contributed by atoms with E-state index in [0.29, 0.717) is 48.2 Å². The summed E-state index contributed by atoms with van der Waals surface area (Å²) < 4.78 is 18.7. The first-order valence-corrected chi connectivity index (χ1v) is 11.7. The summed E-state index contributed by atoms with van der Waals surface area (Å²) in [6, 6.07) is 8.31. The number of aromatic nitrogens is 2. The summed E-state index contributed by atoms with van der Waals surface area (Å²) >= 11 is 0. The van der Waals surface area contributed by atoms with E-state index in [-0.39, 0.29) is 35.5 Å². The molecule has 2 N–H and O–H groups in total. The minimum atomic E-state index is -0.250. The van der Waals surface area contributed by atoms with E-state index in [0.717, 1.165) is 5.56 Å². The molecule has 3 heterocycles. The van der Waals surface area contributed by atoms with Crippen LogP contribution in [0.5, 0.6) is 5.88 Å². The van der Waals surface area contributed by atoms with Gasteiger partial charge in [0.15, 0.2) is 5.78 Å². The zero-order valence-electron chi connectivity index (χ0n) is 21.2. The second-order valence-electron chi connectivity index (χ2n) is 8.68. The molecule has 1 aliphatic heterocycles. The van der Waals surface area contributed by atoms with Gasteiger partial charge in [0.1, 0.15) is 17.0 Å². The number of ketones is 1. The van der Waals surface area contributed by atoms with Crippen LogP contribution >= 0.6 is 0 Å². The summed E-state index contributed by atoms with van der Waals surface area (Å²) in [4.78, 5) is 46.0. The van der Waals surface area contributed by atoms with Crippen LogP contribution in [0.2, 0.25) is 0 Å². The highest BCUT2D eigenvalue weighted by atomic mass is 19.1. The molecule has 36 heavy (non-hydrogen) atoms. The largest absolute Gasteiger partial charge is 0.480 e. The highest BCUT2D eigenvalue weighted by molar-refractivity contribution is 6.08. The Morgan fingerprint density at radius 1 is 1.25 bits per heavy atom. The molecule has 0 radical (unpaired) electrons. The van der Waals surface area contributed by atoms with Gasteiger partial charge in [-0.05, 0) is 44.5 Å². The summed E-state index contributed by atoms with van der Waals surface area (Å²) in [5.74, 6) is -0.291. The summed E-state index contributed by atoms with van der Waals surface area (Å²) in [6.07, 6.45) is 2.23. The van der Waals surface area contributed by atoms with Crippen molar-refractivity contribution in [3.63, 3.8) is 0 Å². The second kappa shape index (κ2) is 11.8. The fourth-order valence-electron chi connectivity index (χ4n) is 4.38. The number of halogens is 1. The second-order valence-corrected chi connectivity index (χ2v) is 8.68. The number of carbonyl (C=O) groups excluding carboxylic acids is 3. The van der Waals surface area contributed by atoms with Gasteiger partial charge in [-0.2, -0.15) is 4.98 Å². The van der Waals surface area contributed by atoms with Crippen molar-refractivity contribution in [2.75, 3.05) is 33.8 Å². The quantitative estimate of drug-likeness (QED) is 0.400. The zero-order valence-corrected chi connectivity index (χ0v) is 21.2. The van der Waals surface area contributed by atoms with Gasteiger partial charge < -0.3 is 19.9 Å². The van der Waals surface area contributed by atoms with E-state index in [1.165, 1.54) is 26.2 Å². The Labute approximate surface area is 209 Å². The molecule has 1 unspecified atom stereocenters. The molecule has 1 aliphatic rings. The molecule has 0 saturated carbocycles. The number of nitrogens with one attached hydrogen (secondary N) is 2. The first-order valence-electron chi connectivity index (χ1n) is 11.7. The summed E-state index contributed by atoms with van der Waals surface area (Å²) in [5.41, 5.74) is 2.39. The average molecular weight is 498 g/mol. The molecule has 3 aromatic rings. The number of pyridine rings is 1. The number of rotatable bonds is 6. The molecule has 2 amide bonds. The fraction of sp³-hybridized carbons (Fsp3) is 0.385. The van der Waals surface area contributed by atoms with Gasteiger partial charge >= 0.3 is 0 Å². The van der Waals surface area contributed by atoms with E-state index >= 15 is 0 Å². The zero-order chi connectivity index (χ0) is 26.4. The standard InChI is InChI=1S/C24H27FN4O3.C2H5NO/c1-14-13-28(15(2)17-5-7-18(25)8-6-17)9-10-29(14)24(31)20-11-19-21(16(3)30)12-26-22(19)27-23(20)32-4;1-3-2-4/h5-8,11-12,14-15H,9-10,13H2,1-4H3,(H,26,27);2H,1H3,(H,3,4)/t14?,15-;/m1./s1. The Kier molecular flexibility index (Phi) is 8.76. The fourth-order valence-corrected chi connectivity index (χ4v) is 4.38. The highest BCUT2D eigenvalue weighted by Crippen LogP contribution is 2.29. The lowest BCUT2D eigenvalue weighted by atomic mass is 10.0. The number of H-pyrrole nitrogens is 1. The van der Waals surface area contributed by atoms with Gasteiger partial charge in [0.25, 0.3) is 5.91 Å². The smallest absolute Gasteiger partial charge is 0.259 e. The van der Waals surface area contributed by atoms with Crippen LogP contribution in [0.3, 0.4) is 0 Å². The number of nitrogens with zero attached hydrogens (tertiary/aromatic N) is 3. The Bertz CT molecular complexity index is 1230. The van der Waals surface area contributed by atoms with Crippen LogP contribution in [-0.4, -0.2) is 77.7 Å². The lowest BCUT2D eigenvalue weighted by Crippen LogP contribution is -2.54. The third-order valence-corrected chi connectivity index (χ3v) is 6.37. The molecule has 0 spiro atoms. The van der Waals surface area contributed by atoms with Gasteiger partial charge in [-0.1, -0.05) is 12.1 Å². The number of benzene rings is 1.